The molecule has 6 nitrogen and oxygen atoms in total. The molecule has 1 aliphatic rings. The molecule has 7 heteroatoms. The lowest BCUT2D eigenvalue weighted by molar-refractivity contribution is -0.384. The van der Waals surface area contributed by atoms with Gasteiger partial charge in [0.25, 0.3) is 5.69 Å². The van der Waals surface area contributed by atoms with Crippen molar-refractivity contribution < 1.29 is 4.92 Å². The summed E-state index contributed by atoms with van der Waals surface area (Å²) < 4.78 is 0. The zero-order valence-corrected chi connectivity index (χ0v) is 13.0. The van der Waals surface area contributed by atoms with Crippen molar-refractivity contribution in [2.45, 2.75) is 13.0 Å². The Bertz CT molecular complexity index is 615. The number of hydrogen-bond acceptors (Lipinski definition) is 6. The van der Waals surface area contributed by atoms with Gasteiger partial charge in [0.1, 0.15) is 0 Å². The van der Waals surface area contributed by atoms with E-state index in [9.17, 15) is 10.1 Å². The number of aromatic nitrogens is 1. The predicted octanol–water partition coefficient (Wildman–Crippen LogP) is 2.76. The van der Waals surface area contributed by atoms with E-state index < -0.39 is 0 Å². The van der Waals surface area contributed by atoms with E-state index in [4.69, 9.17) is 0 Å². The molecule has 1 aromatic carbocycles. The summed E-state index contributed by atoms with van der Waals surface area (Å²) in [6, 6.07) is 6.84. The Morgan fingerprint density at radius 1 is 1.18 bits per heavy atom. The van der Waals surface area contributed by atoms with Crippen LogP contribution in [0.25, 0.3) is 0 Å². The van der Waals surface area contributed by atoms with Gasteiger partial charge in [0, 0.05) is 55.9 Å². The normalized spacial score (nSPS) is 16.5. The lowest BCUT2D eigenvalue weighted by Crippen LogP contribution is -2.30. The van der Waals surface area contributed by atoms with Crippen molar-refractivity contribution in [3.63, 3.8) is 0 Å². The Morgan fingerprint density at radius 2 is 2.00 bits per heavy atom. The molecule has 0 aliphatic carbocycles. The summed E-state index contributed by atoms with van der Waals surface area (Å²) in [5, 5.41) is 12.8. The molecule has 2 aromatic rings. The van der Waals surface area contributed by atoms with Crippen LogP contribution in [0, 0.1) is 10.1 Å². The van der Waals surface area contributed by atoms with Crippen molar-refractivity contribution in [3.8, 4) is 0 Å². The molecule has 0 radical (unpaired) electrons. The van der Waals surface area contributed by atoms with E-state index in [0.717, 1.165) is 50.5 Å². The summed E-state index contributed by atoms with van der Waals surface area (Å²) in [6.45, 7) is 4.85. The molecule has 0 N–H and O–H groups in total. The number of anilines is 1. The Labute approximate surface area is 133 Å². The van der Waals surface area contributed by atoms with E-state index in [1.807, 2.05) is 17.6 Å². The molecule has 1 aromatic heterocycles. The molecule has 0 unspecified atom stereocenters. The van der Waals surface area contributed by atoms with E-state index in [1.54, 1.807) is 23.5 Å². The van der Waals surface area contributed by atoms with E-state index >= 15 is 0 Å². The standard InChI is InChI=1S/C15H18N4O2S/c20-19(21)15-4-2-14(3-5-15)18-7-1-6-17(8-9-18)10-13-11-22-12-16-13/h2-5,11-12H,1,6-10H2. The number of non-ortho nitro benzene ring substituents is 1. The van der Waals surface area contributed by atoms with Gasteiger partial charge in [-0.2, -0.15) is 0 Å². The monoisotopic (exact) mass is 318 g/mol. The van der Waals surface area contributed by atoms with Crippen LogP contribution < -0.4 is 4.90 Å². The number of thiazole rings is 1. The maximum atomic E-state index is 10.7. The summed E-state index contributed by atoms with van der Waals surface area (Å²) in [7, 11) is 0. The van der Waals surface area contributed by atoms with Crippen molar-refractivity contribution >= 4 is 22.7 Å². The van der Waals surface area contributed by atoms with Gasteiger partial charge < -0.3 is 4.90 Å². The number of hydrogen-bond donors (Lipinski definition) is 0. The zero-order valence-electron chi connectivity index (χ0n) is 12.2. The Morgan fingerprint density at radius 3 is 2.68 bits per heavy atom. The fourth-order valence-corrected chi connectivity index (χ4v) is 3.27. The van der Waals surface area contributed by atoms with Crippen molar-refractivity contribution in [3.05, 3.63) is 51.0 Å². The third-order valence-electron chi connectivity index (χ3n) is 3.88. The lowest BCUT2D eigenvalue weighted by atomic mass is 10.2. The molecule has 0 bridgehead atoms. The largest absolute Gasteiger partial charge is 0.370 e. The number of nitro benzene ring substituents is 1. The first-order chi connectivity index (χ1) is 10.7. The average Bonchev–Trinajstić information content (AvgIpc) is 2.92. The molecular weight excluding hydrogens is 300 g/mol. The Balaban J connectivity index is 1.61. The highest BCUT2D eigenvalue weighted by atomic mass is 32.1. The second-order valence-electron chi connectivity index (χ2n) is 5.37. The summed E-state index contributed by atoms with van der Waals surface area (Å²) in [5.74, 6) is 0. The van der Waals surface area contributed by atoms with Crippen LogP contribution in [0.5, 0.6) is 0 Å². The number of nitrogens with zero attached hydrogens (tertiary/aromatic N) is 4. The van der Waals surface area contributed by atoms with Crippen LogP contribution in [-0.2, 0) is 6.54 Å². The summed E-state index contributed by atoms with van der Waals surface area (Å²) >= 11 is 1.63. The van der Waals surface area contributed by atoms with Crippen LogP contribution in [0.15, 0.2) is 35.2 Å². The molecule has 0 amide bonds. The molecule has 2 heterocycles. The molecule has 116 valence electrons. The van der Waals surface area contributed by atoms with Gasteiger partial charge in [-0.1, -0.05) is 0 Å². The highest BCUT2D eigenvalue weighted by Gasteiger charge is 2.16. The van der Waals surface area contributed by atoms with Gasteiger partial charge in [0.15, 0.2) is 0 Å². The molecule has 22 heavy (non-hydrogen) atoms. The smallest absolute Gasteiger partial charge is 0.269 e. The number of benzene rings is 1. The van der Waals surface area contributed by atoms with Gasteiger partial charge in [-0.3, -0.25) is 15.0 Å². The maximum Gasteiger partial charge on any atom is 0.269 e. The van der Waals surface area contributed by atoms with Crippen LogP contribution in [0.4, 0.5) is 11.4 Å². The minimum atomic E-state index is -0.359. The summed E-state index contributed by atoms with van der Waals surface area (Å²) in [5.41, 5.74) is 4.20. The van der Waals surface area contributed by atoms with Crippen molar-refractivity contribution in [2.75, 3.05) is 31.1 Å². The first kappa shape index (κ1) is 14.9. The van der Waals surface area contributed by atoms with E-state index in [1.165, 1.54) is 0 Å². The fraction of sp³-hybridized carbons (Fsp3) is 0.400. The van der Waals surface area contributed by atoms with Crippen LogP contribution in [0.1, 0.15) is 12.1 Å². The lowest BCUT2D eigenvalue weighted by Gasteiger charge is -2.23. The minimum Gasteiger partial charge on any atom is -0.370 e. The Hall–Kier alpha value is -1.99. The second-order valence-corrected chi connectivity index (χ2v) is 6.09. The van der Waals surface area contributed by atoms with Crippen LogP contribution in [0.2, 0.25) is 0 Å². The van der Waals surface area contributed by atoms with Crippen LogP contribution >= 0.6 is 11.3 Å². The third kappa shape index (κ3) is 3.61. The molecule has 1 fully saturated rings. The molecule has 1 saturated heterocycles. The highest BCUT2D eigenvalue weighted by Crippen LogP contribution is 2.21. The quantitative estimate of drug-likeness (QED) is 0.641. The van der Waals surface area contributed by atoms with Gasteiger partial charge in [0.2, 0.25) is 0 Å². The average molecular weight is 318 g/mol. The molecule has 0 atom stereocenters. The SMILES string of the molecule is O=[N+]([O-])c1ccc(N2CCCN(Cc3cscn3)CC2)cc1. The van der Waals surface area contributed by atoms with E-state index in [-0.39, 0.29) is 10.6 Å². The minimum absolute atomic E-state index is 0.142. The number of nitro groups is 1. The first-order valence-electron chi connectivity index (χ1n) is 7.31. The van der Waals surface area contributed by atoms with Crippen LogP contribution in [0.3, 0.4) is 0 Å². The first-order valence-corrected chi connectivity index (χ1v) is 8.25. The maximum absolute atomic E-state index is 10.7. The molecule has 3 rings (SSSR count). The third-order valence-corrected chi connectivity index (χ3v) is 4.52. The summed E-state index contributed by atoms with van der Waals surface area (Å²) in [4.78, 5) is 19.4. The topological polar surface area (TPSA) is 62.5 Å². The van der Waals surface area contributed by atoms with Gasteiger partial charge in [-0.15, -0.1) is 11.3 Å². The Kier molecular flexibility index (Phi) is 4.65. The number of rotatable bonds is 4. The molecule has 0 saturated carbocycles. The van der Waals surface area contributed by atoms with Crippen molar-refractivity contribution in [1.82, 2.24) is 9.88 Å². The van der Waals surface area contributed by atoms with Gasteiger partial charge >= 0.3 is 0 Å². The van der Waals surface area contributed by atoms with E-state index in [2.05, 4.69) is 20.2 Å². The molecule has 0 spiro atoms. The summed E-state index contributed by atoms with van der Waals surface area (Å²) in [6.07, 6.45) is 1.08. The van der Waals surface area contributed by atoms with Gasteiger partial charge in [0.05, 0.1) is 16.1 Å². The highest BCUT2D eigenvalue weighted by molar-refractivity contribution is 7.07. The molecule has 1 aliphatic heterocycles. The van der Waals surface area contributed by atoms with Crippen molar-refractivity contribution in [2.24, 2.45) is 0 Å². The fourth-order valence-electron chi connectivity index (χ4n) is 2.72. The predicted molar refractivity (Wildman–Crippen MR) is 87.3 cm³/mol. The van der Waals surface area contributed by atoms with Crippen molar-refractivity contribution in [1.29, 1.82) is 0 Å². The van der Waals surface area contributed by atoms with Gasteiger partial charge in [-0.05, 0) is 18.6 Å². The van der Waals surface area contributed by atoms with Gasteiger partial charge in [-0.25, -0.2) is 4.98 Å². The second kappa shape index (κ2) is 6.85. The molecular formula is C15H18N4O2S. The zero-order chi connectivity index (χ0) is 15.4. The van der Waals surface area contributed by atoms with E-state index in [0.29, 0.717) is 0 Å². The van der Waals surface area contributed by atoms with Crippen LogP contribution in [-0.4, -0.2) is 41.0 Å².